The number of unbranched alkanes of at least 4 members (excludes halogenated alkanes) is 1. The molecule has 2 unspecified atom stereocenters. The molecule has 114 valence electrons. The Morgan fingerprint density at radius 3 is 2.15 bits per heavy atom. The van der Waals surface area contributed by atoms with Crippen molar-refractivity contribution in [3.05, 3.63) is 35.6 Å². The van der Waals surface area contributed by atoms with Gasteiger partial charge in [-0.3, -0.25) is 0 Å². The first-order valence-corrected chi connectivity index (χ1v) is 7.55. The van der Waals surface area contributed by atoms with Crippen LogP contribution in [0.25, 0.3) is 0 Å². The molecule has 20 heavy (non-hydrogen) atoms. The van der Waals surface area contributed by atoms with Gasteiger partial charge in [0.05, 0.1) is 5.54 Å². The number of nitrogens with two attached hydrogens (primary N) is 1. The Bertz CT molecular complexity index is 400. The third-order valence-electron chi connectivity index (χ3n) is 4.31. The first-order valence-electron chi connectivity index (χ1n) is 7.55. The summed E-state index contributed by atoms with van der Waals surface area (Å²) < 4.78 is 13.2. The zero-order valence-corrected chi connectivity index (χ0v) is 13.5. The van der Waals surface area contributed by atoms with Crippen LogP contribution in [-0.4, -0.2) is 25.0 Å². The number of benzene rings is 1. The van der Waals surface area contributed by atoms with Gasteiger partial charge in [0.1, 0.15) is 5.82 Å². The number of halogens is 1. The zero-order chi connectivity index (χ0) is 15.3. The zero-order valence-electron chi connectivity index (χ0n) is 13.5. The van der Waals surface area contributed by atoms with Gasteiger partial charge in [0.25, 0.3) is 0 Å². The fraction of sp³-hybridized carbons (Fsp3) is 0.647. The third-order valence-corrected chi connectivity index (χ3v) is 4.31. The summed E-state index contributed by atoms with van der Waals surface area (Å²) in [7, 11) is 4.15. The molecule has 2 nitrogen and oxygen atoms in total. The molecule has 1 rings (SSSR count). The van der Waals surface area contributed by atoms with E-state index in [0.717, 1.165) is 24.8 Å². The van der Waals surface area contributed by atoms with E-state index in [1.165, 1.54) is 12.1 Å². The van der Waals surface area contributed by atoms with Crippen LogP contribution in [0, 0.1) is 11.7 Å². The first kappa shape index (κ1) is 17.1. The van der Waals surface area contributed by atoms with Crippen LogP contribution in [-0.2, 0) is 5.54 Å². The molecule has 0 heterocycles. The molecular formula is C17H29FN2. The fourth-order valence-corrected chi connectivity index (χ4v) is 2.97. The number of nitrogens with zero attached hydrogens (tertiary/aromatic N) is 1. The van der Waals surface area contributed by atoms with Crippen LogP contribution in [0.5, 0.6) is 0 Å². The second-order valence-electron chi connectivity index (χ2n) is 6.22. The minimum absolute atomic E-state index is 0.213. The molecule has 0 aliphatic carbocycles. The summed E-state index contributed by atoms with van der Waals surface area (Å²) in [4.78, 5) is 2.21. The summed E-state index contributed by atoms with van der Waals surface area (Å²) in [6.07, 6.45) is 3.35. The van der Waals surface area contributed by atoms with Gasteiger partial charge in [-0.25, -0.2) is 4.39 Å². The quantitative estimate of drug-likeness (QED) is 0.824. The molecule has 2 N–H and O–H groups in total. The van der Waals surface area contributed by atoms with E-state index in [9.17, 15) is 4.39 Å². The fourth-order valence-electron chi connectivity index (χ4n) is 2.97. The highest BCUT2D eigenvalue weighted by atomic mass is 19.1. The van der Waals surface area contributed by atoms with Gasteiger partial charge in [0.15, 0.2) is 0 Å². The first-order chi connectivity index (χ1) is 9.33. The normalized spacial score (nSPS) is 16.4. The summed E-state index contributed by atoms with van der Waals surface area (Å²) in [5.41, 5.74) is 7.39. The maximum absolute atomic E-state index is 13.2. The molecule has 0 fully saturated rings. The predicted molar refractivity (Wildman–Crippen MR) is 84.1 cm³/mol. The Labute approximate surface area is 123 Å². The molecule has 0 saturated carbocycles. The van der Waals surface area contributed by atoms with Crippen molar-refractivity contribution >= 4 is 0 Å². The summed E-state index contributed by atoms with van der Waals surface area (Å²) in [5.74, 6) is 0.0621. The lowest BCUT2D eigenvalue weighted by Gasteiger charge is -2.45. The van der Waals surface area contributed by atoms with Crippen LogP contribution in [0.2, 0.25) is 0 Å². The monoisotopic (exact) mass is 280 g/mol. The van der Waals surface area contributed by atoms with E-state index < -0.39 is 5.54 Å². The number of likely N-dealkylation sites (N-methyl/N-ethyl adjacent to an activating group) is 1. The van der Waals surface area contributed by atoms with Gasteiger partial charge in [-0.15, -0.1) is 0 Å². The standard InChI is InChI=1S/C17H29FN2/c1-6-7-8-16(20(4)5)17(19,13(2)3)14-9-11-15(18)12-10-14/h9-13,16H,6-8,19H2,1-5H3. The van der Waals surface area contributed by atoms with Gasteiger partial charge in [-0.2, -0.15) is 0 Å². The lowest BCUT2D eigenvalue weighted by molar-refractivity contribution is 0.121. The Morgan fingerprint density at radius 2 is 1.75 bits per heavy atom. The van der Waals surface area contributed by atoms with Gasteiger partial charge < -0.3 is 10.6 Å². The molecule has 0 aliphatic heterocycles. The van der Waals surface area contributed by atoms with Crippen LogP contribution in [0.15, 0.2) is 24.3 Å². The highest BCUT2D eigenvalue weighted by molar-refractivity contribution is 5.28. The van der Waals surface area contributed by atoms with Crippen molar-refractivity contribution in [1.82, 2.24) is 4.90 Å². The lowest BCUT2D eigenvalue weighted by Crippen LogP contribution is -2.57. The molecule has 0 spiro atoms. The van der Waals surface area contributed by atoms with E-state index in [1.807, 2.05) is 12.1 Å². The molecule has 3 heteroatoms. The average molecular weight is 280 g/mol. The topological polar surface area (TPSA) is 29.3 Å². The molecule has 0 aromatic heterocycles. The summed E-state index contributed by atoms with van der Waals surface area (Å²) >= 11 is 0. The smallest absolute Gasteiger partial charge is 0.123 e. The van der Waals surface area contributed by atoms with Crippen LogP contribution in [0.3, 0.4) is 0 Å². The van der Waals surface area contributed by atoms with Crippen molar-refractivity contribution in [2.75, 3.05) is 14.1 Å². The predicted octanol–water partition coefficient (Wildman–Crippen LogP) is 3.76. The molecule has 2 atom stereocenters. The van der Waals surface area contributed by atoms with E-state index in [-0.39, 0.29) is 17.8 Å². The third kappa shape index (κ3) is 3.58. The highest BCUT2D eigenvalue weighted by Gasteiger charge is 2.40. The van der Waals surface area contributed by atoms with E-state index in [0.29, 0.717) is 0 Å². The van der Waals surface area contributed by atoms with Gasteiger partial charge in [-0.1, -0.05) is 45.7 Å². The van der Waals surface area contributed by atoms with Crippen molar-refractivity contribution in [3.63, 3.8) is 0 Å². The average Bonchev–Trinajstić information content (AvgIpc) is 2.38. The van der Waals surface area contributed by atoms with Crippen molar-refractivity contribution in [2.45, 2.75) is 51.6 Å². The highest BCUT2D eigenvalue weighted by Crippen LogP contribution is 2.35. The van der Waals surface area contributed by atoms with Gasteiger partial charge in [0, 0.05) is 6.04 Å². The van der Waals surface area contributed by atoms with Crippen molar-refractivity contribution in [3.8, 4) is 0 Å². The van der Waals surface area contributed by atoms with Crippen LogP contribution in [0.4, 0.5) is 4.39 Å². The second-order valence-corrected chi connectivity index (χ2v) is 6.22. The van der Waals surface area contributed by atoms with E-state index in [4.69, 9.17) is 5.73 Å². The maximum atomic E-state index is 13.2. The number of hydrogen-bond acceptors (Lipinski definition) is 2. The molecule has 0 radical (unpaired) electrons. The Morgan fingerprint density at radius 1 is 1.20 bits per heavy atom. The van der Waals surface area contributed by atoms with Gasteiger partial charge in [-0.05, 0) is 44.1 Å². The maximum Gasteiger partial charge on any atom is 0.123 e. The molecule has 1 aromatic carbocycles. The van der Waals surface area contributed by atoms with E-state index >= 15 is 0 Å². The van der Waals surface area contributed by atoms with Crippen LogP contribution < -0.4 is 5.73 Å². The lowest BCUT2D eigenvalue weighted by atomic mass is 9.73. The Kier molecular flexibility index (Phi) is 6.15. The minimum atomic E-state index is -0.466. The molecule has 0 amide bonds. The number of hydrogen-bond donors (Lipinski definition) is 1. The SMILES string of the molecule is CCCCC(N(C)C)C(N)(c1ccc(F)cc1)C(C)C. The minimum Gasteiger partial charge on any atom is -0.320 e. The van der Waals surface area contributed by atoms with Crippen LogP contribution >= 0.6 is 0 Å². The summed E-state index contributed by atoms with van der Waals surface area (Å²) in [5, 5.41) is 0. The van der Waals surface area contributed by atoms with Gasteiger partial charge >= 0.3 is 0 Å². The van der Waals surface area contributed by atoms with Crippen molar-refractivity contribution in [1.29, 1.82) is 0 Å². The molecule has 1 aromatic rings. The largest absolute Gasteiger partial charge is 0.320 e. The van der Waals surface area contributed by atoms with E-state index in [2.05, 4.69) is 39.8 Å². The van der Waals surface area contributed by atoms with Crippen molar-refractivity contribution < 1.29 is 4.39 Å². The summed E-state index contributed by atoms with van der Waals surface area (Å²) in [6, 6.07) is 6.92. The van der Waals surface area contributed by atoms with Gasteiger partial charge in [0.2, 0.25) is 0 Å². The Balaban J connectivity index is 3.20. The molecule has 0 saturated heterocycles. The van der Waals surface area contributed by atoms with E-state index in [1.54, 1.807) is 0 Å². The number of rotatable bonds is 7. The summed E-state index contributed by atoms with van der Waals surface area (Å²) in [6.45, 7) is 6.48. The molecule has 0 aliphatic rings. The van der Waals surface area contributed by atoms with Crippen LogP contribution in [0.1, 0.15) is 45.6 Å². The Hall–Kier alpha value is -0.930. The molecule has 0 bridgehead atoms. The molecular weight excluding hydrogens is 251 g/mol. The van der Waals surface area contributed by atoms with Crippen molar-refractivity contribution in [2.24, 2.45) is 11.7 Å². The second kappa shape index (κ2) is 7.19.